The summed E-state index contributed by atoms with van der Waals surface area (Å²) < 4.78 is 0. The van der Waals surface area contributed by atoms with E-state index in [0.717, 1.165) is 18.5 Å². The van der Waals surface area contributed by atoms with E-state index in [1.165, 1.54) is 32.4 Å². The smallest absolute Gasteiger partial charge is 0.0239 e. The second-order valence-electron chi connectivity index (χ2n) is 7.52. The van der Waals surface area contributed by atoms with Crippen LogP contribution >= 0.6 is 0 Å². The molecule has 1 aliphatic carbocycles. The van der Waals surface area contributed by atoms with Gasteiger partial charge in [-0.15, -0.1) is 0 Å². The van der Waals surface area contributed by atoms with E-state index in [1.807, 2.05) is 0 Å². The van der Waals surface area contributed by atoms with Crippen LogP contribution in [0.25, 0.3) is 0 Å². The summed E-state index contributed by atoms with van der Waals surface area (Å²) in [6, 6.07) is 9.77. The Hall–Kier alpha value is -0.860. The highest BCUT2D eigenvalue weighted by Gasteiger charge is 2.36. The molecular formula is C18H28N2. The molecule has 110 valence electrons. The van der Waals surface area contributed by atoms with Gasteiger partial charge in [-0.2, -0.15) is 0 Å². The highest BCUT2D eigenvalue weighted by Crippen LogP contribution is 2.35. The van der Waals surface area contributed by atoms with Crippen molar-refractivity contribution in [3.63, 3.8) is 0 Å². The van der Waals surface area contributed by atoms with Gasteiger partial charge in [-0.25, -0.2) is 0 Å². The zero-order chi connectivity index (χ0) is 14.2. The number of hydrogen-bond donors (Lipinski definition) is 1. The third-order valence-electron chi connectivity index (χ3n) is 4.90. The number of benzene rings is 1. The van der Waals surface area contributed by atoms with Gasteiger partial charge in [0.2, 0.25) is 0 Å². The summed E-state index contributed by atoms with van der Waals surface area (Å²) in [7, 11) is 0. The SMILES string of the molecule is CC(C)(C)NCC1CCC1N1CCc2ccccc2C1. The molecule has 0 saturated heterocycles. The van der Waals surface area contributed by atoms with Crippen LogP contribution in [-0.2, 0) is 13.0 Å². The molecule has 2 atom stereocenters. The quantitative estimate of drug-likeness (QED) is 0.909. The Balaban J connectivity index is 1.58. The topological polar surface area (TPSA) is 15.3 Å². The fourth-order valence-electron chi connectivity index (χ4n) is 3.51. The van der Waals surface area contributed by atoms with Crippen LogP contribution in [-0.4, -0.2) is 29.6 Å². The predicted molar refractivity (Wildman–Crippen MR) is 84.8 cm³/mol. The van der Waals surface area contributed by atoms with Crippen molar-refractivity contribution in [1.82, 2.24) is 10.2 Å². The lowest BCUT2D eigenvalue weighted by molar-refractivity contribution is 0.0479. The van der Waals surface area contributed by atoms with Gasteiger partial charge in [0.25, 0.3) is 0 Å². The lowest BCUT2D eigenvalue weighted by atomic mass is 9.77. The van der Waals surface area contributed by atoms with E-state index >= 15 is 0 Å². The van der Waals surface area contributed by atoms with E-state index in [0.29, 0.717) is 0 Å². The Bertz CT molecular complexity index is 461. The molecule has 0 aromatic heterocycles. The van der Waals surface area contributed by atoms with Crippen LogP contribution in [0.1, 0.15) is 44.7 Å². The number of fused-ring (bicyclic) bond motifs is 1. The molecule has 1 aliphatic heterocycles. The monoisotopic (exact) mass is 272 g/mol. The molecule has 1 saturated carbocycles. The maximum absolute atomic E-state index is 3.69. The summed E-state index contributed by atoms with van der Waals surface area (Å²) >= 11 is 0. The fourth-order valence-corrected chi connectivity index (χ4v) is 3.51. The molecule has 2 aliphatic rings. The van der Waals surface area contributed by atoms with Crippen LogP contribution in [0.3, 0.4) is 0 Å². The van der Waals surface area contributed by atoms with Gasteiger partial charge in [-0.1, -0.05) is 24.3 Å². The molecule has 1 aromatic carbocycles. The summed E-state index contributed by atoms with van der Waals surface area (Å²) in [4.78, 5) is 2.72. The summed E-state index contributed by atoms with van der Waals surface area (Å²) in [5, 5.41) is 3.69. The van der Waals surface area contributed by atoms with Gasteiger partial charge >= 0.3 is 0 Å². The Kier molecular flexibility index (Phi) is 3.87. The van der Waals surface area contributed by atoms with Gasteiger partial charge in [0.15, 0.2) is 0 Å². The molecule has 0 spiro atoms. The summed E-state index contributed by atoms with van der Waals surface area (Å²) in [5.74, 6) is 0.847. The molecule has 20 heavy (non-hydrogen) atoms. The van der Waals surface area contributed by atoms with Crippen LogP contribution in [0.2, 0.25) is 0 Å². The Morgan fingerprint density at radius 3 is 2.55 bits per heavy atom. The highest BCUT2D eigenvalue weighted by molar-refractivity contribution is 5.29. The minimum Gasteiger partial charge on any atom is -0.312 e. The van der Waals surface area contributed by atoms with Crippen molar-refractivity contribution < 1.29 is 0 Å². The molecule has 2 unspecified atom stereocenters. The molecule has 3 rings (SSSR count). The normalized spacial score (nSPS) is 26.9. The van der Waals surface area contributed by atoms with Crippen LogP contribution in [0.5, 0.6) is 0 Å². The first-order valence-corrected chi connectivity index (χ1v) is 8.09. The Labute approximate surface area is 123 Å². The van der Waals surface area contributed by atoms with Crippen molar-refractivity contribution >= 4 is 0 Å². The number of hydrogen-bond acceptors (Lipinski definition) is 2. The van der Waals surface area contributed by atoms with Crippen LogP contribution < -0.4 is 5.32 Å². The molecule has 1 N–H and O–H groups in total. The van der Waals surface area contributed by atoms with E-state index in [-0.39, 0.29) is 5.54 Å². The van der Waals surface area contributed by atoms with Gasteiger partial charge in [-0.3, -0.25) is 4.90 Å². The van der Waals surface area contributed by atoms with E-state index < -0.39 is 0 Å². The largest absolute Gasteiger partial charge is 0.312 e. The molecule has 0 bridgehead atoms. The van der Waals surface area contributed by atoms with Crippen molar-refractivity contribution in [3.05, 3.63) is 35.4 Å². The van der Waals surface area contributed by atoms with Crippen LogP contribution in [0, 0.1) is 5.92 Å². The van der Waals surface area contributed by atoms with Gasteiger partial charge in [0.05, 0.1) is 0 Å². The highest BCUT2D eigenvalue weighted by atomic mass is 15.2. The minimum atomic E-state index is 0.245. The van der Waals surface area contributed by atoms with E-state index in [2.05, 4.69) is 55.3 Å². The van der Waals surface area contributed by atoms with Crippen molar-refractivity contribution in [2.45, 2.75) is 58.2 Å². The maximum atomic E-state index is 3.69. The second kappa shape index (κ2) is 5.50. The van der Waals surface area contributed by atoms with Crippen molar-refractivity contribution in [1.29, 1.82) is 0 Å². The number of nitrogens with zero attached hydrogens (tertiary/aromatic N) is 1. The Morgan fingerprint density at radius 2 is 1.90 bits per heavy atom. The number of rotatable bonds is 3. The minimum absolute atomic E-state index is 0.245. The fraction of sp³-hybridized carbons (Fsp3) is 0.667. The van der Waals surface area contributed by atoms with Crippen LogP contribution in [0.4, 0.5) is 0 Å². The van der Waals surface area contributed by atoms with Crippen molar-refractivity contribution in [3.8, 4) is 0 Å². The zero-order valence-electron chi connectivity index (χ0n) is 13.2. The average molecular weight is 272 g/mol. The van der Waals surface area contributed by atoms with Gasteiger partial charge < -0.3 is 5.32 Å². The molecule has 1 aromatic rings. The molecular weight excluding hydrogens is 244 g/mol. The molecule has 0 radical (unpaired) electrons. The predicted octanol–water partition coefficient (Wildman–Crippen LogP) is 3.21. The lowest BCUT2D eigenvalue weighted by Gasteiger charge is -2.47. The standard InChI is InChI=1S/C18H28N2/c1-18(2,3)19-12-15-8-9-17(15)20-11-10-14-6-4-5-7-16(14)13-20/h4-7,15,17,19H,8-13H2,1-3H3. The van der Waals surface area contributed by atoms with E-state index in [1.54, 1.807) is 11.1 Å². The van der Waals surface area contributed by atoms with Gasteiger partial charge in [0.1, 0.15) is 0 Å². The zero-order valence-corrected chi connectivity index (χ0v) is 13.2. The first-order chi connectivity index (χ1) is 9.53. The molecule has 1 fully saturated rings. The van der Waals surface area contributed by atoms with E-state index in [4.69, 9.17) is 0 Å². The first-order valence-electron chi connectivity index (χ1n) is 8.09. The third-order valence-corrected chi connectivity index (χ3v) is 4.90. The number of nitrogens with one attached hydrogen (secondary N) is 1. The third kappa shape index (κ3) is 3.07. The van der Waals surface area contributed by atoms with Gasteiger partial charge in [-0.05, 0) is 63.6 Å². The molecule has 2 nitrogen and oxygen atoms in total. The van der Waals surface area contributed by atoms with E-state index in [9.17, 15) is 0 Å². The Morgan fingerprint density at radius 1 is 1.15 bits per heavy atom. The summed E-state index contributed by atoms with van der Waals surface area (Å²) in [6.45, 7) is 10.4. The van der Waals surface area contributed by atoms with Crippen molar-refractivity contribution in [2.75, 3.05) is 13.1 Å². The molecule has 0 amide bonds. The molecule has 2 heteroatoms. The maximum Gasteiger partial charge on any atom is 0.0239 e. The van der Waals surface area contributed by atoms with Crippen molar-refractivity contribution in [2.24, 2.45) is 5.92 Å². The molecule has 1 heterocycles. The second-order valence-corrected chi connectivity index (χ2v) is 7.52. The summed E-state index contributed by atoms with van der Waals surface area (Å²) in [6.07, 6.45) is 4.01. The van der Waals surface area contributed by atoms with Crippen LogP contribution in [0.15, 0.2) is 24.3 Å². The summed E-state index contributed by atoms with van der Waals surface area (Å²) in [5.41, 5.74) is 3.36. The average Bonchev–Trinajstić information content (AvgIpc) is 2.36. The first kappa shape index (κ1) is 14.1. The lowest BCUT2D eigenvalue weighted by Crippen LogP contribution is -2.53. The van der Waals surface area contributed by atoms with Gasteiger partial charge in [0, 0.05) is 24.7 Å².